The van der Waals surface area contributed by atoms with Gasteiger partial charge >= 0.3 is 0 Å². The van der Waals surface area contributed by atoms with Gasteiger partial charge in [0, 0.05) is 19.4 Å². The highest BCUT2D eigenvalue weighted by Gasteiger charge is 2.33. The third-order valence-electron chi connectivity index (χ3n) is 5.90. The third-order valence-corrected chi connectivity index (χ3v) is 5.90. The quantitative estimate of drug-likeness (QED) is 0.0351. The Labute approximate surface area is 232 Å². The summed E-state index contributed by atoms with van der Waals surface area (Å²) in [7, 11) is 0. The van der Waals surface area contributed by atoms with E-state index < -0.39 is 53.7 Å². The monoisotopic (exact) mass is 567 g/mol. The molecule has 1 heterocycles. The summed E-state index contributed by atoms with van der Waals surface area (Å²) in [6.45, 7) is 3.62. The molecule has 0 spiro atoms. The van der Waals surface area contributed by atoms with Crippen molar-refractivity contribution in [2.45, 2.75) is 83.0 Å². The van der Waals surface area contributed by atoms with Crippen molar-refractivity contribution in [3.63, 3.8) is 0 Å². The first-order chi connectivity index (χ1) is 18.8. The standard InChI is InChI=1S/C24H41N9O7/c1-13(2)12-17(20(37)28-10-11-34)33-21(38)14(4-3-9-29-24(26)27)31-23(40)16(5-7-18(25)35)32-22(39)15-6-8-19(36)30-15/h11,13-17H,3-10,12H2,1-2H3,(H2,25,35)(H,28,37)(H,30,36)(H,31,40)(H,32,39)(H,33,38)(H4,26,27,29)/t14-,15-,16-,17-/m0/s1. The van der Waals surface area contributed by atoms with Crippen LogP contribution in [0.3, 0.4) is 0 Å². The number of nitrogens with one attached hydrogen (secondary N) is 5. The third kappa shape index (κ3) is 13.0. The number of guanidine groups is 1. The molecular formula is C24H41N9O7. The Morgan fingerprint density at radius 3 is 2.12 bits per heavy atom. The van der Waals surface area contributed by atoms with Gasteiger partial charge in [-0.15, -0.1) is 0 Å². The van der Waals surface area contributed by atoms with Gasteiger partial charge in [0.2, 0.25) is 35.4 Å². The molecule has 0 bridgehead atoms. The van der Waals surface area contributed by atoms with Crippen LogP contribution in [0.5, 0.6) is 0 Å². The summed E-state index contributed by atoms with van der Waals surface area (Å²) < 4.78 is 0. The molecule has 16 nitrogen and oxygen atoms in total. The summed E-state index contributed by atoms with van der Waals surface area (Å²) in [6.07, 6.45) is 1.12. The maximum Gasteiger partial charge on any atom is 0.243 e. The van der Waals surface area contributed by atoms with E-state index in [0.29, 0.717) is 6.29 Å². The number of hydrogen-bond acceptors (Lipinski definition) is 8. The van der Waals surface area contributed by atoms with Gasteiger partial charge in [-0.25, -0.2) is 0 Å². The molecule has 0 saturated carbocycles. The highest BCUT2D eigenvalue weighted by Crippen LogP contribution is 2.10. The van der Waals surface area contributed by atoms with E-state index >= 15 is 0 Å². The first-order valence-corrected chi connectivity index (χ1v) is 13.1. The Morgan fingerprint density at radius 2 is 1.60 bits per heavy atom. The van der Waals surface area contributed by atoms with Crippen LogP contribution in [0.25, 0.3) is 0 Å². The number of aldehydes is 1. The SMILES string of the molecule is CC(C)C[C@H](NC(=O)[C@H](CCCN=C(N)N)NC(=O)[C@H](CCC(N)=O)NC(=O)[C@@H]1CCC(=O)N1)C(=O)NCC=O. The first-order valence-electron chi connectivity index (χ1n) is 13.1. The number of hydrogen-bond donors (Lipinski definition) is 8. The van der Waals surface area contributed by atoms with Crippen LogP contribution in [0.4, 0.5) is 0 Å². The van der Waals surface area contributed by atoms with Gasteiger partial charge in [0.25, 0.3) is 0 Å². The van der Waals surface area contributed by atoms with Gasteiger partial charge in [0.05, 0.1) is 6.54 Å². The van der Waals surface area contributed by atoms with E-state index in [1.165, 1.54) is 0 Å². The maximum atomic E-state index is 13.3. The molecule has 1 rings (SSSR count). The first kappa shape index (κ1) is 33.8. The van der Waals surface area contributed by atoms with Crippen LogP contribution in [-0.2, 0) is 33.6 Å². The largest absolute Gasteiger partial charge is 0.370 e. The molecule has 4 atom stereocenters. The van der Waals surface area contributed by atoms with Crippen LogP contribution < -0.4 is 43.8 Å². The van der Waals surface area contributed by atoms with Gasteiger partial charge < -0.3 is 48.6 Å². The van der Waals surface area contributed by atoms with Crippen molar-refractivity contribution in [3.8, 4) is 0 Å². The molecule has 11 N–H and O–H groups in total. The molecule has 0 aromatic carbocycles. The number of rotatable bonds is 18. The predicted octanol–water partition coefficient (Wildman–Crippen LogP) is -3.60. The van der Waals surface area contributed by atoms with E-state index in [9.17, 15) is 33.6 Å². The summed E-state index contributed by atoms with van der Waals surface area (Å²) in [5.41, 5.74) is 15.9. The molecule has 1 aliphatic heterocycles. The van der Waals surface area contributed by atoms with E-state index in [-0.39, 0.29) is 75.8 Å². The number of primary amides is 1. The Hall–Kier alpha value is -4.24. The van der Waals surface area contributed by atoms with Crippen LogP contribution in [0.1, 0.15) is 58.8 Å². The van der Waals surface area contributed by atoms with Crippen LogP contribution in [0, 0.1) is 5.92 Å². The average molecular weight is 568 g/mol. The van der Waals surface area contributed by atoms with Gasteiger partial charge in [-0.1, -0.05) is 13.8 Å². The Morgan fingerprint density at radius 1 is 0.975 bits per heavy atom. The number of amides is 6. The van der Waals surface area contributed by atoms with Crippen LogP contribution in [0.15, 0.2) is 4.99 Å². The van der Waals surface area contributed by atoms with Crippen molar-refractivity contribution < 1.29 is 33.6 Å². The van der Waals surface area contributed by atoms with Crippen LogP contribution >= 0.6 is 0 Å². The Kier molecular flexibility index (Phi) is 14.7. The van der Waals surface area contributed by atoms with Crippen LogP contribution in [-0.4, -0.2) is 84.9 Å². The van der Waals surface area contributed by atoms with E-state index in [1.807, 2.05) is 13.8 Å². The molecule has 1 saturated heterocycles. The molecule has 1 fully saturated rings. The number of carbonyl (C=O) groups is 7. The van der Waals surface area contributed by atoms with Crippen molar-refractivity contribution in [1.29, 1.82) is 0 Å². The molecule has 0 radical (unpaired) electrons. The average Bonchev–Trinajstić information content (AvgIpc) is 3.31. The van der Waals surface area contributed by atoms with Gasteiger partial charge in [0.1, 0.15) is 30.5 Å². The molecule has 0 aromatic rings. The summed E-state index contributed by atoms with van der Waals surface area (Å²) in [5.74, 6) is -3.79. The van der Waals surface area contributed by atoms with Gasteiger partial charge in [-0.05, 0) is 38.0 Å². The molecule has 40 heavy (non-hydrogen) atoms. The van der Waals surface area contributed by atoms with E-state index in [1.54, 1.807) is 0 Å². The lowest BCUT2D eigenvalue weighted by Crippen LogP contribution is -2.58. The molecule has 224 valence electrons. The van der Waals surface area contributed by atoms with E-state index in [4.69, 9.17) is 17.2 Å². The fourth-order valence-electron chi connectivity index (χ4n) is 3.92. The number of aliphatic imine (C=N–C) groups is 1. The number of carbonyl (C=O) groups excluding carboxylic acids is 7. The molecule has 0 aliphatic carbocycles. The summed E-state index contributed by atoms with van der Waals surface area (Å²) in [5, 5.41) is 12.6. The van der Waals surface area contributed by atoms with Crippen molar-refractivity contribution in [2.75, 3.05) is 13.1 Å². The Balaban J connectivity index is 3.09. The lowest BCUT2D eigenvalue weighted by molar-refractivity contribution is -0.134. The number of nitrogens with two attached hydrogens (primary N) is 3. The zero-order chi connectivity index (χ0) is 30.2. The molecule has 0 aromatic heterocycles. The summed E-state index contributed by atoms with van der Waals surface area (Å²) >= 11 is 0. The highest BCUT2D eigenvalue weighted by atomic mass is 16.2. The molecule has 6 amide bonds. The second-order valence-electron chi connectivity index (χ2n) is 9.84. The Bertz CT molecular complexity index is 966. The van der Waals surface area contributed by atoms with Crippen molar-refractivity contribution >= 4 is 47.7 Å². The summed E-state index contributed by atoms with van der Waals surface area (Å²) in [6, 6.07) is -4.24. The zero-order valence-electron chi connectivity index (χ0n) is 22.9. The molecule has 1 aliphatic rings. The fourth-order valence-corrected chi connectivity index (χ4v) is 3.92. The fraction of sp³-hybridized carbons (Fsp3) is 0.667. The second-order valence-corrected chi connectivity index (χ2v) is 9.84. The van der Waals surface area contributed by atoms with Crippen molar-refractivity contribution in [2.24, 2.45) is 28.1 Å². The van der Waals surface area contributed by atoms with E-state index in [0.717, 1.165) is 0 Å². The zero-order valence-corrected chi connectivity index (χ0v) is 22.9. The minimum Gasteiger partial charge on any atom is -0.370 e. The highest BCUT2D eigenvalue weighted by molar-refractivity contribution is 5.96. The lowest BCUT2D eigenvalue weighted by atomic mass is 10.0. The second kappa shape index (κ2) is 17.4. The van der Waals surface area contributed by atoms with Gasteiger partial charge in [0.15, 0.2) is 5.96 Å². The maximum absolute atomic E-state index is 13.3. The normalized spacial score (nSPS) is 16.6. The van der Waals surface area contributed by atoms with Crippen molar-refractivity contribution in [3.05, 3.63) is 0 Å². The smallest absolute Gasteiger partial charge is 0.243 e. The molecule has 0 unspecified atom stereocenters. The lowest BCUT2D eigenvalue weighted by Gasteiger charge is -2.26. The van der Waals surface area contributed by atoms with Gasteiger partial charge in [-0.3, -0.25) is 33.8 Å². The summed E-state index contributed by atoms with van der Waals surface area (Å²) in [4.78, 5) is 89.1. The topological polar surface area (TPSA) is 270 Å². The molecule has 16 heteroatoms. The minimum atomic E-state index is -1.24. The van der Waals surface area contributed by atoms with Crippen molar-refractivity contribution in [1.82, 2.24) is 26.6 Å². The van der Waals surface area contributed by atoms with E-state index in [2.05, 4.69) is 31.6 Å². The predicted molar refractivity (Wildman–Crippen MR) is 144 cm³/mol. The van der Waals surface area contributed by atoms with Crippen LogP contribution in [0.2, 0.25) is 0 Å². The minimum absolute atomic E-state index is 0.00617. The van der Waals surface area contributed by atoms with Gasteiger partial charge in [-0.2, -0.15) is 0 Å². The molecular weight excluding hydrogens is 526 g/mol. The number of nitrogens with zero attached hydrogens (tertiary/aromatic N) is 1.